The number of H-pyrrole nitrogens is 1. The van der Waals surface area contributed by atoms with Gasteiger partial charge in [-0.2, -0.15) is 0 Å². The lowest BCUT2D eigenvalue weighted by atomic mass is 10.2. The topological polar surface area (TPSA) is 88.8 Å². The molecule has 0 amide bonds. The van der Waals surface area contributed by atoms with Crippen LogP contribution in [0, 0.1) is 4.77 Å². The molecule has 0 radical (unpaired) electrons. The molecule has 2 N–H and O–H groups in total. The molecule has 0 aliphatic carbocycles. The summed E-state index contributed by atoms with van der Waals surface area (Å²) < 4.78 is 11.6. The van der Waals surface area contributed by atoms with Gasteiger partial charge >= 0.3 is 0 Å². The Hall–Kier alpha value is -3.39. The van der Waals surface area contributed by atoms with Crippen molar-refractivity contribution in [3.8, 4) is 23.1 Å². The monoisotopic (exact) mass is 383 g/mol. The Morgan fingerprint density at radius 2 is 1.59 bits per heavy atom. The smallest absolute Gasteiger partial charge is 0.264 e. The van der Waals surface area contributed by atoms with Crippen molar-refractivity contribution in [2.45, 2.75) is 0 Å². The lowest BCUT2D eigenvalue weighted by Crippen LogP contribution is -2.18. The Bertz CT molecular complexity index is 1080. The lowest BCUT2D eigenvalue weighted by molar-refractivity contribution is 0.414. The van der Waals surface area contributed by atoms with Gasteiger partial charge in [-0.25, -0.2) is 0 Å². The van der Waals surface area contributed by atoms with E-state index in [1.54, 1.807) is 62.8 Å². The number of nitrogens with one attached hydrogen (secondary N) is 1. The second-order valence-corrected chi connectivity index (χ2v) is 5.87. The fraction of sp³-hybridized carbons (Fsp3) is 0.105. The molecule has 2 aromatic carbocycles. The van der Waals surface area contributed by atoms with E-state index in [9.17, 15) is 9.90 Å². The van der Waals surface area contributed by atoms with Crippen LogP contribution in [0.1, 0.15) is 5.56 Å². The molecule has 0 atom stereocenters. The fourth-order valence-corrected chi connectivity index (χ4v) is 2.72. The number of ether oxygens (including phenoxy) is 2. The number of benzene rings is 2. The van der Waals surface area contributed by atoms with E-state index >= 15 is 0 Å². The number of methoxy groups -OCH3 is 2. The van der Waals surface area contributed by atoms with E-state index < -0.39 is 5.56 Å². The maximum atomic E-state index is 12.2. The number of hydrogen-bond donors (Lipinski definition) is 2. The van der Waals surface area contributed by atoms with Crippen molar-refractivity contribution in [3.63, 3.8) is 0 Å². The van der Waals surface area contributed by atoms with Gasteiger partial charge in [0.1, 0.15) is 17.1 Å². The van der Waals surface area contributed by atoms with Crippen LogP contribution in [0.5, 0.6) is 17.4 Å². The van der Waals surface area contributed by atoms with Gasteiger partial charge in [-0.05, 0) is 60.7 Å². The van der Waals surface area contributed by atoms with Gasteiger partial charge in [0.25, 0.3) is 5.56 Å². The van der Waals surface area contributed by atoms with E-state index in [4.69, 9.17) is 21.7 Å². The normalized spacial score (nSPS) is 10.9. The summed E-state index contributed by atoms with van der Waals surface area (Å²) in [5.41, 5.74) is 0.649. The van der Waals surface area contributed by atoms with E-state index in [-0.39, 0.29) is 16.2 Å². The minimum Gasteiger partial charge on any atom is -0.497 e. The summed E-state index contributed by atoms with van der Waals surface area (Å²) in [6, 6.07) is 13.9. The van der Waals surface area contributed by atoms with Crippen LogP contribution < -0.4 is 15.0 Å². The Kier molecular flexibility index (Phi) is 5.37. The van der Waals surface area contributed by atoms with Crippen LogP contribution in [0.3, 0.4) is 0 Å². The Morgan fingerprint density at radius 3 is 2.15 bits per heavy atom. The molecule has 1 aromatic heterocycles. The molecule has 3 aromatic rings. The van der Waals surface area contributed by atoms with Crippen LogP contribution >= 0.6 is 12.2 Å². The predicted octanol–water partition coefficient (Wildman–Crippen LogP) is 3.37. The first kappa shape index (κ1) is 18.4. The molecular weight excluding hydrogens is 366 g/mol. The third kappa shape index (κ3) is 3.90. The third-order valence-electron chi connectivity index (χ3n) is 3.87. The zero-order valence-corrected chi connectivity index (χ0v) is 15.5. The summed E-state index contributed by atoms with van der Waals surface area (Å²) in [5, 5.41) is 10.6. The number of rotatable bonds is 5. The quantitative estimate of drug-likeness (QED) is 0.521. The first-order valence-corrected chi connectivity index (χ1v) is 8.35. The number of hydrogen-bond acceptors (Lipinski definition) is 6. The van der Waals surface area contributed by atoms with Gasteiger partial charge in [0.2, 0.25) is 5.88 Å². The van der Waals surface area contributed by atoms with Gasteiger partial charge in [-0.15, -0.1) is 0 Å². The van der Waals surface area contributed by atoms with Crippen molar-refractivity contribution in [1.82, 2.24) is 9.55 Å². The highest BCUT2D eigenvalue weighted by Crippen LogP contribution is 2.22. The molecule has 8 heteroatoms. The molecule has 0 aliphatic rings. The van der Waals surface area contributed by atoms with Crippen LogP contribution in [0.4, 0.5) is 5.69 Å². The zero-order chi connectivity index (χ0) is 19.4. The maximum Gasteiger partial charge on any atom is 0.264 e. The van der Waals surface area contributed by atoms with Crippen LogP contribution in [-0.4, -0.2) is 35.1 Å². The molecular formula is C19H17N3O4S. The molecule has 0 unspecified atom stereocenters. The summed E-state index contributed by atoms with van der Waals surface area (Å²) in [5.74, 6) is 1.06. The molecule has 0 fully saturated rings. The van der Waals surface area contributed by atoms with Crippen LogP contribution in [0.2, 0.25) is 0 Å². The van der Waals surface area contributed by atoms with E-state index in [2.05, 4.69) is 9.98 Å². The second-order valence-electron chi connectivity index (χ2n) is 5.49. The third-order valence-corrected chi connectivity index (χ3v) is 4.15. The number of aromatic amines is 1. The Morgan fingerprint density at radius 1 is 1.04 bits per heavy atom. The van der Waals surface area contributed by atoms with Gasteiger partial charge in [-0.3, -0.25) is 19.3 Å². The fourth-order valence-electron chi connectivity index (χ4n) is 2.43. The SMILES string of the molecule is COc1ccc(N=Cc2c(O)n(-c3ccc(OC)cc3)c(=S)[nH]c2=O)cc1. The van der Waals surface area contributed by atoms with Crippen LogP contribution in [0.15, 0.2) is 58.3 Å². The van der Waals surface area contributed by atoms with Crippen molar-refractivity contribution in [3.05, 3.63) is 69.2 Å². The highest BCUT2D eigenvalue weighted by molar-refractivity contribution is 7.71. The highest BCUT2D eigenvalue weighted by atomic mass is 32.1. The van der Waals surface area contributed by atoms with Crippen molar-refractivity contribution in [1.29, 1.82) is 0 Å². The summed E-state index contributed by atoms with van der Waals surface area (Å²) in [6.45, 7) is 0. The first-order valence-electron chi connectivity index (χ1n) is 7.94. The van der Waals surface area contributed by atoms with Crippen molar-refractivity contribution in [2.75, 3.05) is 14.2 Å². The summed E-state index contributed by atoms with van der Waals surface area (Å²) in [4.78, 5) is 19.0. The van der Waals surface area contributed by atoms with Crippen LogP contribution in [-0.2, 0) is 0 Å². The van der Waals surface area contributed by atoms with Gasteiger partial charge in [0.15, 0.2) is 4.77 Å². The average Bonchev–Trinajstić information content (AvgIpc) is 2.68. The zero-order valence-electron chi connectivity index (χ0n) is 14.7. The van der Waals surface area contributed by atoms with E-state index in [1.165, 1.54) is 10.8 Å². The van der Waals surface area contributed by atoms with Crippen molar-refractivity contribution in [2.24, 2.45) is 4.99 Å². The molecule has 0 saturated heterocycles. The number of nitrogens with zero attached hydrogens (tertiary/aromatic N) is 2. The van der Waals surface area contributed by atoms with Gasteiger partial charge in [-0.1, -0.05) is 0 Å². The number of aromatic nitrogens is 2. The van der Waals surface area contributed by atoms with Crippen LogP contribution in [0.25, 0.3) is 5.69 Å². The van der Waals surface area contributed by atoms with E-state index in [0.717, 1.165) is 0 Å². The number of aliphatic imine (C=N–C) groups is 1. The Balaban J connectivity index is 2.03. The van der Waals surface area contributed by atoms with Gasteiger partial charge in [0.05, 0.1) is 25.6 Å². The van der Waals surface area contributed by atoms with Crippen molar-refractivity contribution < 1.29 is 14.6 Å². The molecule has 7 nitrogen and oxygen atoms in total. The molecule has 0 bridgehead atoms. The molecule has 27 heavy (non-hydrogen) atoms. The molecule has 1 heterocycles. The highest BCUT2D eigenvalue weighted by Gasteiger charge is 2.12. The standard InChI is InChI=1S/C19H17N3O4S/c1-25-14-7-3-12(4-8-14)20-11-16-17(23)21-19(27)22(18(16)24)13-5-9-15(26-2)10-6-13/h3-11,24H,1-2H3,(H,21,23,27). The lowest BCUT2D eigenvalue weighted by Gasteiger charge is -2.11. The van der Waals surface area contributed by atoms with Crippen molar-refractivity contribution >= 4 is 24.1 Å². The first-order chi connectivity index (χ1) is 13.0. The summed E-state index contributed by atoms with van der Waals surface area (Å²) in [6.07, 6.45) is 1.30. The molecule has 138 valence electrons. The van der Waals surface area contributed by atoms with E-state index in [1.807, 2.05) is 0 Å². The number of aromatic hydroxyl groups is 1. The molecule has 0 saturated carbocycles. The average molecular weight is 383 g/mol. The molecule has 0 spiro atoms. The van der Waals surface area contributed by atoms with Gasteiger partial charge < -0.3 is 14.6 Å². The molecule has 0 aliphatic heterocycles. The predicted molar refractivity (Wildman–Crippen MR) is 106 cm³/mol. The summed E-state index contributed by atoms with van der Waals surface area (Å²) >= 11 is 5.19. The minimum absolute atomic E-state index is 0.00441. The minimum atomic E-state index is -0.528. The van der Waals surface area contributed by atoms with Gasteiger partial charge in [0, 0.05) is 6.21 Å². The Labute approximate surface area is 160 Å². The summed E-state index contributed by atoms with van der Waals surface area (Å²) in [7, 11) is 3.13. The largest absolute Gasteiger partial charge is 0.497 e. The molecule has 3 rings (SSSR count). The maximum absolute atomic E-state index is 12.2. The second kappa shape index (κ2) is 7.88. The van der Waals surface area contributed by atoms with E-state index in [0.29, 0.717) is 22.9 Å².